The quantitative estimate of drug-likeness (QED) is 0.732. The minimum Gasteiger partial charge on any atom is -0.298 e. The summed E-state index contributed by atoms with van der Waals surface area (Å²) in [5.41, 5.74) is 2.11. The number of fused-ring (bicyclic) bond motifs is 1. The third-order valence-electron chi connectivity index (χ3n) is 2.72. The van der Waals surface area contributed by atoms with Crippen LogP contribution in [0, 0.1) is 6.92 Å². The number of anilines is 1. The highest BCUT2D eigenvalue weighted by Gasteiger charge is 2.05. The molecule has 1 amide bonds. The molecule has 2 heterocycles. The number of nitrogens with one attached hydrogen (secondary N) is 1. The van der Waals surface area contributed by atoms with Gasteiger partial charge in [0, 0.05) is 11.0 Å². The highest BCUT2D eigenvalue weighted by molar-refractivity contribution is 7.22. The number of aryl methyl sites for hydroxylation is 1. The van der Waals surface area contributed by atoms with Gasteiger partial charge in [-0.05, 0) is 42.1 Å². The van der Waals surface area contributed by atoms with Crippen LogP contribution in [0.5, 0.6) is 0 Å². The lowest BCUT2D eigenvalue weighted by Crippen LogP contribution is -2.06. The van der Waals surface area contributed by atoms with Gasteiger partial charge >= 0.3 is 0 Å². The number of rotatable bonds is 3. The first-order valence-electron chi connectivity index (χ1n) is 6.10. The number of hydrogen-bond acceptors (Lipinski definition) is 4. The number of amides is 1. The molecule has 1 N–H and O–H groups in total. The maximum atomic E-state index is 11.8. The van der Waals surface area contributed by atoms with Gasteiger partial charge in [-0.15, -0.1) is 11.3 Å². The lowest BCUT2D eigenvalue weighted by Gasteiger charge is -1.94. The SMILES string of the molecule is Cc1ccc2nc(NC(=O)C=Cc3cccs3)sc2c1. The average molecular weight is 300 g/mol. The van der Waals surface area contributed by atoms with Crippen molar-refractivity contribution in [3.8, 4) is 0 Å². The second-order valence-electron chi connectivity index (χ2n) is 4.33. The predicted octanol–water partition coefficient (Wildman–Crippen LogP) is 4.32. The zero-order chi connectivity index (χ0) is 13.9. The highest BCUT2D eigenvalue weighted by Crippen LogP contribution is 2.26. The summed E-state index contributed by atoms with van der Waals surface area (Å²) in [7, 11) is 0. The highest BCUT2D eigenvalue weighted by atomic mass is 32.1. The van der Waals surface area contributed by atoms with E-state index in [0.29, 0.717) is 5.13 Å². The average Bonchev–Trinajstić information content (AvgIpc) is 3.04. The van der Waals surface area contributed by atoms with Crippen LogP contribution < -0.4 is 5.32 Å². The van der Waals surface area contributed by atoms with Gasteiger partial charge in [-0.2, -0.15) is 0 Å². The van der Waals surface area contributed by atoms with Gasteiger partial charge in [0.05, 0.1) is 10.2 Å². The molecule has 5 heteroatoms. The van der Waals surface area contributed by atoms with Crippen LogP contribution in [0.15, 0.2) is 41.8 Å². The maximum absolute atomic E-state index is 11.8. The summed E-state index contributed by atoms with van der Waals surface area (Å²) in [4.78, 5) is 17.3. The monoisotopic (exact) mass is 300 g/mol. The standard InChI is InChI=1S/C15H12N2OS2/c1-10-4-6-12-13(9-10)20-15(16-12)17-14(18)7-5-11-3-2-8-19-11/h2-9H,1H3,(H,16,17,18). The van der Waals surface area contributed by atoms with Gasteiger partial charge in [-0.3, -0.25) is 10.1 Å². The fraction of sp³-hybridized carbons (Fsp3) is 0.0667. The van der Waals surface area contributed by atoms with E-state index in [1.165, 1.54) is 23.0 Å². The third-order valence-corrected chi connectivity index (χ3v) is 4.49. The van der Waals surface area contributed by atoms with E-state index in [4.69, 9.17) is 0 Å². The molecule has 100 valence electrons. The van der Waals surface area contributed by atoms with Crippen molar-refractivity contribution < 1.29 is 4.79 Å². The van der Waals surface area contributed by atoms with Gasteiger partial charge in [-0.25, -0.2) is 4.98 Å². The number of aromatic nitrogens is 1. The number of hydrogen-bond donors (Lipinski definition) is 1. The van der Waals surface area contributed by atoms with Gasteiger partial charge in [0.2, 0.25) is 5.91 Å². The van der Waals surface area contributed by atoms with Crippen molar-refractivity contribution in [1.82, 2.24) is 4.98 Å². The molecule has 0 radical (unpaired) electrons. The first-order valence-corrected chi connectivity index (χ1v) is 7.80. The van der Waals surface area contributed by atoms with E-state index >= 15 is 0 Å². The second-order valence-corrected chi connectivity index (χ2v) is 6.34. The van der Waals surface area contributed by atoms with Gasteiger partial charge in [0.25, 0.3) is 0 Å². The molecule has 0 aliphatic heterocycles. The van der Waals surface area contributed by atoms with Crippen molar-refractivity contribution in [3.63, 3.8) is 0 Å². The van der Waals surface area contributed by atoms with Gasteiger partial charge in [0.15, 0.2) is 5.13 Å². The molecule has 0 aliphatic rings. The molecule has 0 spiro atoms. The third kappa shape index (κ3) is 2.95. The van der Waals surface area contributed by atoms with Crippen LogP contribution in [-0.2, 0) is 4.79 Å². The summed E-state index contributed by atoms with van der Waals surface area (Å²) in [5, 5.41) is 5.41. The van der Waals surface area contributed by atoms with E-state index in [1.54, 1.807) is 17.4 Å². The number of thiophene rings is 1. The Labute approximate surface area is 124 Å². The minimum absolute atomic E-state index is 0.158. The van der Waals surface area contributed by atoms with E-state index < -0.39 is 0 Å². The zero-order valence-electron chi connectivity index (χ0n) is 10.8. The van der Waals surface area contributed by atoms with Crippen molar-refractivity contribution in [2.45, 2.75) is 6.92 Å². The second kappa shape index (κ2) is 5.56. The number of thiazole rings is 1. The molecule has 3 rings (SSSR count). The number of carbonyl (C=O) groups is 1. The molecule has 0 aliphatic carbocycles. The van der Waals surface area contributed by atoms with Gasteiger partial charge < -0.3 is 0 Å². The Hall–Kier alpha value is -1.98. The number of carbonyl (C=O) groups excluding carboxylic acids is 1. The van der Waals surface area contributed by atoms with Crippen molar-refractivity contribution in [2.24, 2.45) is 0 Å². The van der Waals surface area contributed by atoms with Crippen LogP contribution in [0.1, 0.15) is 10.4 Å². The van der Waals surface area contributed by atoms with Crippen molar-refractivity contribution in [2.75, 3.05) is 5.32 Å². The van der Waals surface area contributed by atoms with E-state index in [1.807, 2.05) is 36.6 Å². The topological polar surface area (TPSA) is 42.0 Å². The molecule has 0 unspecified atom stereocenters. The molecule has 3 aromatic rings. The van der Waals surface area contributed by atoms with E-state index in [9.17, 15) is 4.79 Å². The summed E-state index contributed by atoms with van der Waals surface area (Å²) >= 11 is 3.09. The maximum Gasteiger partial charge on any atom is 0.250 e. The lowest BCUT2D eigenvalue weighted by atomic mass is 10.2. The lowest BCUT2D eigenvalue weighted by molar-refractivity contribution is -0.111. The molecule has 2 aromatic heterocycles. The van der Waals surface area contributed by atoms with E-state index in [2.05, 4.69) is 16.4 Å². The van der Waals surface area contributed by atoms with Crippen molar-refractivity contribution >= 4 is 50.0 Å². The molecular weight excluding hydrogens is 288 g/mol. The van der Waals surface area contributed by atoms with Crippen molar-refractivity contribution in [3.05, 3.63) is 52.2 Å². The molecule has 0 saturated heterocycles. The first-order chi connectivity index (χ1) is 9.70. The minimum atomic E-state index is -0.158. The Morgan fingerprint density at radius 1 is 1.35 bits per heavy atom. The summed E-state index contributed by atoms with van der Waals surface area (Å²) in [6, 6.07) is 9.99. The fourth-order valence-corrected chi connectivity index (χ4v) is 3.36. The molecule has 1 aromatic carbocycles. The summed E-state index contributed by atoms with van der Waals surface area (Å²) < 4.78 is 1.09. The number of nitrogens with zero attached hydrogens (tertiary/aromatic N) is 1. The fourth-order valence-electron chi connectivity index (χ4n) is 1.78. The smallest absolute Gasteiger partial charge is 0.250 e. The Balaban J connectivity index is 1.74. The zero-order valence-corrected chi connectivity index (χ0v) is 12.4. The molecular formula is C15H12N2OS2. The van der Waals surface area contributed by atoms with Crippen LogP contribution in [0.3, 0.4) is 0 Å². The van der Waals surface area contributed by atoms with Crippen LogP contribution in [0.2, 0.25) is 0 Å². The Morgan fingerprint density at radius 2 is 2.25 bits per heavy atom. The van der Waals surface area contributed by atoms with Crippen LogP contribution >= 0.6 is 22.7 Å². The molecule has 3 nitrogen and oxygen atoms in total. The van der Waals surface area contributed by atoms with E-state index in [0.717, 1.165) is 15.1 Å². The summed E-state index contributed by atoms with van der Waals surface area (Å²) in [6.45, 7) is 2.04. The molecule has 0 bridgehead atoms. The van der Waals surface area contributed by atoms with Crippen LogP contribution in [0.25, 0.3) is 16.3 Å². The molecule has 0 saturated carbocycles. The normalized spacial score (nSPS) is 11.2. The van der Waals surface area contributed by atoms with Crippen LogP contribution in [0.4, 0.5) is 5.13 Å². The van der Waals surface area contributed by atoms with Gasteiger partial charge in [0.1, 0.15) is 0 Å². The summed E-state index contributed by atoms with van der Waals surface area (Å²) in [6.07, 6.45) is 3.33. The van der Waals surface area contributed by atoms with Crippen molar-refractivity contribution in [1.29, 1.82) is 0 Å². The van der Waals surface area contributed by atoms with Gasteiger partial charge in [-0.1, -0.05) is 23.5 Å². The Morgan fingerprint density at radius 3 is 3.05 bits per heavy atom. The molecule has 0 atom stereocenters. The Bertz CT molecular complexity index is 772. The molecule has 20 heavy (non-hydrogen) atoms. The summed E-state index contributed by atoms with van der Waals surface area (Å²) in [5.74, 6) is -0.158. The Kier molecular flexibility index (Phi) is 3.62. The van der Waals surface area contributed by atoms with Crippen LogP contribution in [-0.4, -0.2) is 10.9 Å². The largest absolute Gasteiger partial charge is 0.298 e. The predicted molar refractivity (Wildman–Crippen MR) is 86.3 cm³/mol. The number of benzene rings is 1. The first kappa shape index (κ1) is 13.0. The molecule has 0 fully saturated rings. The van der Waals surface area contributed by atoms with E-state index in [-0.39, 0.29) is 5.91 Å².